The van der Waals surface area contributed by atoms with Crippen LogP contribution in [-0.4, -0.2) is 6.09 Å². The number of aryl methyl sites for hydroxylation is 1. The third-order valence-corrected chi connectivity index (χ3v) is 4.00. The largest absolute Gasteiger partial charge is 0.417 e. The zero-order valence-corrected chi connectivity index (χ0v) is 14.5. The number of ether oxygens (including phenoxy) is 1. The van der Waals surface area contributed by atoms with E-state index in [1.807, 2.05) is 54.6 Å². The number of carbonyl (C=O) groups excluding carboxylic acids is 1. The standard InChI is InChI=1S/C21H27NO2/c1-2-3-4-5-6-8-13-18-14-11-12-17-20(18)24-21(23)22-19-15-9-7-10-16-19/h7,9-12,14-17H,2-6,8,13H2,1H3,(H,22,23). The monoisotopic (exact) mass is 325 g/mol. The molecule has 0 radical (unpaired) electrons. The molecule has 128 valence electrons. The lowest BCUT2D eigenvalue weighted by atomic mass is 10.0. The summed E-state index contributed by atoms with van der Waals surface area (Å²) in [5.41, 5.74) is 1.83. The molecule has 0 bridgehead atoms. The van der Waals surface area contributed by atoms with Gasteiger partial charge in [-0.1, -0.05) is 75.4 Å². The first-order valence-corrected chi connectivity index (χ1v) is 8.91. The van der Waals surface area contributed by atoms with E-state index in [4.69, 9.17) is 4.74 Å². The summed E-state index contributed by atoms with van der Waals surface area (Å²) in [5.74, 6) is 0.652. The Morgan fingerprint density at radius 2 is 1.54 bits per heavy atom. The van der Waals surface area contributed by atoms with Crippen LogP contribution < -0.4 is 10.1 Å². The Kier molecular flexibility index (Phi) is 7.88. The second-order valence-electron chi connectivity index (χ2n) is 6.01. The van der Waals surface area contributed by atoms with Gasteiger partial charge < -0.3 is 4.74 Å². The van der Waals surface area contributed by atoms with Crippen LogP contribution >= 0.6 is 0 Å². The van der Waals surface area contributed by atoms with Crippen molar-refractivity contribution in [1.82, 2.24) is 0 Å². The summed E-state index contributed by atoms with van der Waals surface area (Å²) >= 11 is 0. The van der Waals surface area contributed by atoms with Gasteiger partial charge in [0.2, 0.25) is 0 Å². The molecule has 0 aliphatic carbocycles. The van der Waals surface area contributed by atoms with Crippen LogP contribution in [0.1, 0.15) is 51.0 Å². The van der Waals surface area contributed by atoms with E-state index >= 15 is 0 Å². The molecule has 2 rings (SSSR count). The topological polar surface area (TPSA) is 38.3 Å². The molecular weight excluding hydrogens is 298 g/mol. The second kappa shape index (κ2) is 10.5. The Balaban J connectivity index is 1.83. The first-order chi connectivity index (χ1) is 11.8. The summed E-state index contributed by atoms with van der Waals surface area (Å²) in [5, 5.41) is 2.75. The highest BCUT2D eigenvalue weighted by Gasteiger charge is 2.09. The number of para-hydroxylation sites is 2. The predicted molar refractivity (Wildman–Crippen MR) is 99.6 cm³/mol. The molecule has 3 nitrogen and oxygen atoms in total. The molecule has 0 spiro atoms. The Labute approximate surface area is 145 Å². The molecule has 3 heteroatoms. The number of anilines is 1. The zero-order valence-electron chi connectivity index (χ0n) is 14.5. The van der Waals surface area contributed by atoms with Crippen LogP contribution in [0.5, 0.6) is 5.75 Å². The number of amides is 1. The number of unbranched alkanes of at least 4 members (excludes halogenated alkanes) is 5. The number of carbonyl (C=O) groups is 1. The van der Waals surface area contributed by atoms with Gasteiger partial charge in [-0.15, -0.1) is 0 Å². The molecule has 0 fully saturated rings. The quantitative estimate of drug-likeness (QED) is 0.557. The molecule has 0 unspecified atom stereocenters. The number of hydrogen-bond acceptors (Lipinski definition) is 2. The summed E-state index contributed by atoms with van der Waals surface area (Å²) in [6, 6.07) is 17.1. The van der Waals surface area contributed by atoms with Crippen LogP contribution in [0.3, 0.4) is 0 Å². The lowest BCUT2D eigenvalue weighted by Gasteiger charge is -2.11. The van der Waals surface area contributed by atoms with E-state index in [0.717, 1.165) is 24.1 Å². The van der Waals surface area contributed by atoms with Crippen LogP contribution in [0.25, 0.3) is 0 Å². The predicted octanol–water partition coefficient (Wildman–Crippen LogP) is 6.20. The number of hydrogen-bond donors (Lipinski definition) is 1. The van der Waals surface area contributed by atoms with Gasteiger partial charge in [0.1, 0.15) is 5.75 Å². The summed E-state index contributed by atoms with van der Waals surface area (Å²) in [7, 11) is 0. The third-order valence-electron chi connectivity index (χ3n) is 4.00. The Hall–Kier alpha value is -2.29. The lowest BCUT2D eigenvalue weighted by molar-refractivity contribution is 0.214. The third kappa shape index (κ3) is 6.45. The van der Waals surface area contributed by atoms with Gasteiger partial charge in [-0.3, -0.25) is 5.32 Å². The van der Waals surface area contributed by atoms with Crippen molar-refractivity contribution in [3.8, 4) is 5.75 Å². The smallest absolute Gasteiger partial charge is 0.410 e. The van der Waals surface area contributed by atoms with Gasteiger partial charge in [-0.25, -0.2) is 4.79 Å². The fourth-order valence-electron chi connectivity index (χ4n) is 2.67. The minimum atomic E-state index is -0.448. The van der Waals surface area contributed by atoms with Crippen molar-refractivity contribution in [2.45, 2.75) is 51.9 Å². The number of benzene rings is 2. The van der Waals surface area contributed by atoms with Gasteiger partial charge in [0.25, 0.3) is 0 Å². The molecular formula is C21H27NO2. The Morgan fingerprint density at radius 3 is 2.33 bits per heavy atom. The van der Waals surface area contributed by atoms with Crippen molar-refractivity contribution in [3.05, 3.63) is 60.2 Å². The van der Waals surface area contributed by atoms with Crippen LogP contribution in [0, 0.1) is 0 Å². The molecule has 2 aromatic rings. The van der Waals surface area contributed by atoms with Gasteiger partial charge in [0.05, 0.1) is 0 Å². The van der Waals surface area contributed by atoms with Crippen molar-refractivity contribution in [2.24, 2.45) is 0 Å². The Morgan fingerprint density at radius 1 is 0.875 bits per heavy atom. The molecule has 0 aromatic heterocycles. The van der Waals surface area contributed by atoms with Crippen molar-refractivity contribution in [2.75, 3.05) is 5.32 Å². The molecule has 0 saturated carbocycles. The van der Waals surface area contributed by atoms with E-state index in [0.29, 0.717) is 5.75 Å². The first kappa shape index (κ1) is 18.1. The molecule has 0 heterocycles. The normalized spacial score (nSPS) is 10.4. The minimum absolute atomic E-state index is 0.448. The van der Waals surface area contributed by atoms with Crippen molar-refractivity contribution >= 4 is 11.8 Å². The highest BCUT2D eigenvalue weighted by Crippen LogP contribution is 2.21. The van der Waals surface area contributed by atoms with E-state index in [1.54, 1.807) is 0 Å². The molecule has 0 aliphatic heterocycles. The van der Waals surface area contributed by atoms with Crippen molar-refractivity contribution in [1.29, 1.82) is 0 Å². The summed E-state index contributed by atoms with van der Waals surface area (Å²) in [6.07, 6.45) is 8.04. The summed E-state index contributed by atoms with van der Waals surface area (Å²) in [4.78, 5) is 12.0. The Bertz CT molecular complexity index is 610. The molecule has 1 N–H and O–H groups in total. The minimum Gasteiger partial charge on any atom is -0.410 e. The van der Waals surface area contributed by atoms with Crippen LogP contribution in [0.2, 0.25) is 0 Å². The fraction of sp³-hybridized carbons (Fsp3) is 0.381. The average molecular weight is 325 g/mol. The highest BCUT2D eigenvalue weighted by atomic mass is 16.6. The van der Waals surface area contributed by atoms with Gasteiger partial charge in [-0.05, 0) is 36.6 Å². The van der Waals surface area contributed by atoms with Gasteiger partial charge in [-0.2, -0.15) is 0 Å². The fourth-order valence-corrected chi connectivity index (χ4v) is 2.67. The second-order valence-corrected chi connectivity index (χ2v) is 6.01. The SMILES string of the molecule is CCCCCCCCc1ccccc1OC(=O)Nc1ccccc1. The maximum absolute atomic E-state index is 12.0. The maximum atomic E-state index is 12.0. The van der Waals surface area contributed by atoms with Gasteiger partial charge in [0.15, 0.2) is 0 Å². The number of nitrogens with one attached hydrogen (secondary N) is 1. The molecule has 2 aromatic carbocycles. The van der Waals surface area contributed by atoms with E-state index in [9.17, 15) is 4.79 Å². The molecule has 24 heavy (non-hydrogen) atoms. The average Bonchev–Trinajstić information content (AvgIpc) is 2.60. The van der Waals surface area contributed by atoms with Crippen LogP contribution in [-0.2, 0) is 6.42 Å². The molecule has 1 amide bonds. The van der Waals surface area contributed by atoms with Crippen LogP contribution in [0.15, 0.2) is 54.6 Å². The van der Waals surface area contributed by atoms with E-state index in [2.05, 4.69) is 12.2 Å². The zero-order chi connectivity index (χ0) is 17.0. The van der Waals surface area contributed by atoms with E-state index in [-0.39, 0.29) is 0 Å². The number of rotatable bonds is 9. The maximum Gasteiger partial charge on any atom is 0.417 e. The summed E-state index contributed by atoms with van der Waals surface area (Å²) < 4.78 is 5.49. The van der Waals surface area contributed by atoms with Gasteiger partial charge in [0, 0.05) is 5.69 Å². The molecule has 0 atom stereocenters. The first-order valence-electron chi connectivity index (χ1n) is 8.91. The lowest BCUT2D eigenvalue weighted by Crippen LogP contribution is -2.17. The van der Waals surface area contributed by atoms with Crippen LogP contribution in [0.4, 0.5) is 10.5 Å². The summed E-state index contributed by atoms with van der Waals surface area (Å²) in [6.45, 7) is 2.23. The van der Waals surface area contributed by atoms with E-state index < -0.39 is 6.09 Å². The van der Waals surface area contributed by atoms with E-state index in [1.165, 1.54) is 32.1 Å². The van der Waals surface area contributed by atoms with Crippen molar-refractivity contribution in [3.63, 3.8) is 0 Å². The van der Waals surface area contributed by atoms with Crippen molar-refractivity contribution < 1.29 is 9.53 Å². The van der Waals surface area contributed by atoms with Gasteiger partial charge >= 0.3 is 6.09 Å². The molecule has 0 aliphatic rings. The highest BCUT2D eigenvalue weighted by molar-refractivity contribution is 5.86. The molecule has 0 saturated heterocycles.